The van der Waals surface area contributed by atoms with Crippen molar-refractivity contribution in [1.82, 2.24) is 5.32 Å². The second-order valence-corrected chi connectivity index (χ2v) is 4.45. The van der Waals surface area contributed by atoms with Crippen LogP contribution in [0.3, 0.4) is 0 Å². The van der Waals surface area contributed by atoms with E-state index in [0.29, 0.717) is 6.54 Å². The average molecular weight is 234 g/mol. The summed E-state index contributed by atoms with van der Waals surface area (Å²) in [5, 5.41) is 6.01. The number of nitrogens with one attached hydrogen (secondary N) is 2. The van der Waals surface area contributed by atoms with Crippen molar-refractivity contribution in [2.45, 2.75) is 27.2 Å². The molecule has 2 N–H and O–H groups in total. The van der Waals surface area contributed by atoms with Crippen molar-refractivity contribution in [3.63, 3.8) is 0 Å². The van der Waals surface area contributed by atoms with Gasteiger partial charge < -0.3 is 10.6 Å². The molecule has 0 heterocycles. The van der Waals surface area contributed by atoms with Crippen LogP contribution in [0.15, 0.2) is 18.2 Å². The number of carbonyl (C=O) groups is 1. The summed E-state index contributed by atoms with van der Waals surface area (Å²) < 4.78 is 0. The lowest BCUT2D eigenvalue weighted by molar-refractivity contribution is -0.119. The summed E-state index contributed by atoms with van der Waals surface area (Å²) in [6, 6.07) is 6.00. The van der Waals surface area contributed by atoms with Gasteiger partial charge in [-0.15, -0.1) is 0 Å². The molecule has 3 nitrogen and oxygen atoms in total. The number of amides is 1. The lowest BCUT2D eigenvalue weighted by Crippen LogP contribution is -2.30. The molecule has 1 unspecified atom stereocenters. The van der Waals surface area contributed by atoms with E-state index < -0.39 is 0 Å². The molecule has 0 aromatic heterocycles. The van der Waals surface area contributed by atoms with E-state index >= 15 is 0 Å². The molecule has 1 atom stereocenters. The van der Waals surface area contributed by atoms with Crippen LogP contribution in [0.5, 0.6) is 0 Å². The van der Waals surface area contributed by atoms with Crippen molar-refractivity contribution >= 4 is 11.6 Å². The fourth-order valence-electron chi connectivity index (χ4n) is 1.73. The van der Waals surface area contributed by atoms with Crippen molar-refractivity contribution in [2.24, 2.45) is 5.92 Å². The first-order valence-electron chi connectivity index (χ1n) is 6.11. The van der Waals surface area contributed by atoms with Gasteiger partial charge in [-0.2, -0.15) is 0 Å². The molecular weight excluding hydrogens is 212 g/mol. The second-order valence-electron chi connectivity index (χ2n) is 4.45. The molecule has 0 spiro atoms. The van der Waals surface area contributed by atoms with E-state index in [9.17, 15) is 4.79 Å². The summed E-state index contributed by atoms with van der Waals surface area (Å²) in [6.07, 6.45) is 0.845. The van der Waals surface area contributed by atoms with Crippen molar-refractivity contribution in [2.75, 3.05) is 18.9 Å². The number of hydrogen-bond acceptors (Lipinski definition) is 2. The van der Waals surface area contributed by atoms with Crippen molar-refractivity contribution in [3.05, 3.63) is 29.3 Å². The molecule has 0 saturated heterocycles. The predicted molar refractivity (Wildman–Crippen MR) is 72.3 cm³/mol. The largest absolute Gasteiger partial charge is 0.326 e. The molecule has 17 heavy (non-hydrogen) atoms. The molecule has 0 saturated carbocycles. The molecule has 0 bridgehead atoms. The Morgan fingerprint density at radius 2 is 2.00 bits per heavy atom. The monoisotopic (exact) mass is 234 g/mol. The van der Waals surface area contributed by atoms with Gasteiger partial charge in [0.15, 0.2) is 0 Å². The van der Waals surface area contributed by atoms with E-state index in [1.165, 1.54) is 11.1 Å². The van der Waals surface area contributed by atoms with Gasteiger partial charge >= 0.3 is 0 Å². The second kappa shape index (κ2) is 6.40. The highest BCUT2D eigenvalue weighted by Gasteiger charge is 2.15. The Kier molecular flexibility index (Phi) is 5.16. The maximum absolute atomic E-state index is 12.0. The first-order chi connectivity index (χ1) is 8.08. The summed E-state index contributed by atoms with van der Waals surface area (Å²) in [5.74, 6) is 0.117. The number of aryl methyl sites for hydroxylation is 2. The Hall–Kier alpha value is -1.35. The molecular formula is C14H22N2O. The third kappa shape index (κ3) is 3.86. The number of anilines is 1. The highest BCUT2D eigenvalue weighted by atomic mass is 16.1. The van der Waals surface area contributed by atoms with Crippen LogP contribution in [-0.2, 0) is 4.79 Å². The van der Waals surface area contributed by atoms with Gasteiger partial charge in [-0.05, 0) is 50.6 Å². The summed E-state index contributed by atoms with van der Waals surface area (Å²) in [7, 11) is 1.87. The zero-order chi connectivity index (χ0) is 12.8. The van der Waals surface area contributed by atoms with Gasteiger partial charge in [0.2, 0.25) is 5.91 Å². The first-order valence-corrected chi connectivity index (χ1v) is 6.11. The van der Waals surface area contributed by atoms with Gasteiger partial charge in [0.05, 0.1) is 5.92 Å². The van der Waals surface area contributed by atoms with Crippen LogP contribution in [0.2, 0.25) is 0 Å². The van der Waals surface area contributed by atoms with Crippen LogP contribution in [0.1, 0.15) is 24.5 Å². The molecule has 0 fully saturated rings. The first kappa shape index (κ1) is 13.7. The van der Waals surface area contributed by atoms with Gasteiger partial charge in [0.1, 0.15) is 0 Å². The molecule has 0 aliphatic rings. The molecule has 1 rings (SSSR count). The maximum atomic E-state index is 12.0. The molecule has 0 radical (unpaired) electrons. The minimum absolute atomic E-state index is 0.0293. The zero-order valence-electron chi connectivity index (χ0n) is 11.1. The zero-order valence-corrected chi connectivity index (χ0v) is 11.1. The SMILES string of the molecule is CCC(CNC)C(=O)Nc1ccc(C)c(C)c1. The standard InChI is InChI=1S/C14H22N2O/c1-5-12(9-15-4)14(17)16-13-7-6-10(2)11(3)8-13/h6-8,12,15H,5,9H2,1-4H3,(H,16,17). The van der Waals surface area contributed by atoms with Gasteiger partial charge in [0, 0.05) is 12.2 Å². The molecule has 0 aliphatic carbocycles. The van der Waals surface area contributed by atoms with Crippen LogP contribution in [0.25, 0.3) is 0 Å². The van der Waals surface area contributed by atoms with E-state index in [1.54, 1.807) is 0 Å². The molecule has 94 valence electrons. The Morgan fingerprint density at radius 1 is 1.29 bits per heavy atom. The predicted octanol–water partition coefficient (Wildman–Crippen LogP) is 2.49. The van der Waals surface area contributed by atoms with Crippen LogP contribution in [-0.4, -0.2) is 19.5 Å². The minimum Gasteiger partial charge on any atom is -0.326 e. The topological polar surface area (TPSA) is 41.1 Å². The van der Waals surface area contributed by atoms with Crippen LogP contribution >= 0.6 is 0 Å². The fourth-order valence-corrected chi connectivity index (χ4v) is 1.73. The number of hydrogen-bond donors (Lipinski definition) is 2. The van der Waals surface area contributed by atoms with Gasteiger partial charge in [0.25, 0.3) is 0 Å². The van der Waals surface area contributed by atoms with Gasteiger partial charge in [-0.3, -0.25) is 4.79 Å². The summed E-state index contributed by atoms with van der Waals surface area (Å²) in [5.41, 5.74) is 3.32. The van der Waals surface area contributed by atoms with Gasteiger partial charge in [-0.25, -0.2) is 0 Å². The lowest BCUT2D eigenvalue weighted by Gasteiger charge is -2.15. The van der Waals surface area contributed by atoms with Crippen molar-refractivity contribution in [1.29, 1.82) is 0 Å². The molecule has 3 heteroatoms. The summed E-state index contributed by atoms with van der Waals surface area (Å²) in [4.78, 5) is 12.0. The Bertz CT molecular complexity index is 388. The Morgan fingerprint density at radius 3 is 2.53 bits per heavy atom. The van der Waals surface area contributed by atoms with E-state index in [0.717, 1.165) is 12.1 Å². The molecule has 1 aromatic carbocycles. The quantitative estimate of drug-likeness (QED) is 0.822. The van der Waals surface area contributed by atoms with Crippen molar-refractivity contribution in [3.8, 4) is 0 Å². The minimum atomic E-state index is 0.0293. The highest BCUT2D eigenvalue weighted by Crippen LogP contribution is 2.15. The fraction of sp³-hybridized carbons (Fsp3) is 0.500. The molecule has 1 amide bonds. The molecule has 0 aliphatic heterocycles. The smallest absolute Gasteiger partial charge is 0.228 e. The van der Waals surface area contributed by atoms with Crippen molar-refractivity contribution < 1.29 is 4.79 Å². The third-order valence-electron chi connectivity index (χ3n) is 3.09. The Labute approximate surface area is 104 Å². The van der Waals surface area contributed by atoms with Crippen LogP contribution in [0.4, 0.5) is 5.69 Å². The van der Waals surface area contributed by atoms with Crippen LogP contribution in [0, 0.1) is 19.8 Å². The van der Waals surface area contributed by atoms with Gasteiger partial charge in [-0.1, -0.05) is 13.0 Å². The maximum Gasteiger partial charge on any atom is 0.228 e. The number of benzene rings is 1. The lowest BCUT2D eigenvalue weighted by atomic mass is 10.1. The average Bonchev–Trinajstić information content (AvgIpc) is 2.30. The van der Waals surface area contributed by atoms with E-state index in [4.69, 9.17) is 0 Å². The summed E-state index contributed by atoms with van der Waals surface area (Å²) >= 11 is 0. The van der Waals surface area contributed by atoms with E-state index in [1.807, 2.05) is 32.2 Å². The normalized spacial score (nSPS) is 12.2. The third-order valence-corrected chi connectivity index (χ3v) is 3.09. The number of rotatable bonds is 5. The Balaban J connectivity index is 2.69. The van der Waals surface area contributed by atoms with Crippen LogP contribution < -0.4 is 10.6 Å². The highest BCUT2D eigenvalue weighted by molar-refractivity contribution is 5.92. The number of carbonyl (C=O) groups excluding carboxylic acids is 1. The van der Waals surface area contributed by atoms with E-state index in [-0.39, 0.29) is 11.8 Å². The summed E-state index contributed by atoms with van der Waals surface area (Å²) in [6.45, 7) is 6.86. The molecule has 1 aromatic rings. The van der Waals surface area contributed by atoms with E-state index in [2.05, 4.69) is 24.5 Å².